The first-order valence-corrected chi connectivity index (χ1v) is 22.2. The molecule has 0 bridgehead atoms. The van der Waals surface area contributed by atoms with Crippen LogP contribution in [0.2, 0.25) is 0 Å². The van der Waals surface area contributed by atoms with E-state index in [2.05, 4.69) is 31.2 Å². The number of pyridine rings is 1. The highest BCUT2D eigenvalue weighted by Gasteiger charge is 2.41. The topological polar surface area (TPSA) is 166 Å². The Kier molecular flexibility index (Phi) is 10.5. The standard InChI is InChI=1S/C47H52F2N10O4/c48-46(28-55-19-12-33(13-20-55)59-27-37(30-6-7-30)36-24-34(26-51-43(36)59)58-21-14-41(61)52-45(58)63)16-22-56(23-17-46)44(62)31-8-10-32(11-9-31)47(49)15-3-18-57(29-47)39-25-38(53-54-42(39)50)35-4-1-2-5-40(35)60/h1-2,4-5,8-11,24-27,30,33,60H,3,6-7,12-23,28-29H2,(H2,50,54)(H,52,61,63)/t47-/m1/s1. The number of fused-ring (bicyclic) bond motifs is 1. The van der Waals surface area contributed by atoms with E-state index in [1.165, 1.54) is 5.56 Å². The predicted octanol–water partition coefficient (Wildman–Crippen LogP) is 6.85. The summed E-state index contributed by atoms with van der Waals surface area (Å²) in [7, 11) is 0. The van der Waals surface area contributed by atoms with Crippen molar-refractivity contribution in [2.75, 3.05) is 67.9 Å². The van der Waals surface area contributed by atoms with Crippen molar-refractivity contribution in [2.45, 2.75) is 81.1 Å². The molecule has 1 atom stereocenters. The van der Waals surface area contributed by atoms with E-state index in [1.54, 1.807) is 70.6 Å². The van der Waals surface area contributed by atoms with Crippen molar-refractivity contribution in [1.82, 2.24) is 34.9 Å². The van der Waals surface area contributed by atoms with E-state index in [0.717, 1.165) is 49.8 Å². The number of phenolic OH excluding ortho intramolecular Hbond substituents is 1. The van der Waals surface area contributed by atoms with Crippen LogP contribution in [0.4, 0.5) is 30.8 Å². The molecule has 5 aliphatic rings. The van der Waals surface area contributed by atoms with Crippen LogP contribution in [0, 0.1) is 0 Å². The third kappa shape index (κ3) is 8.05. The number of aromatic hydroxyl groups is 1. The summed E-state index contributed by atoms with van der Waals surface area (Å²) in [5, 5.41) is 22.1. The molecule has 10 rings (SSSR count). The third-order valence-electron chi connectivity index (χ3n) is 13.9. The molecule has 0 spiro atoms. The Bertz CT molecular complexity index is 2570. The molecule has 5 fully saturated rings. The number of carbonyl (C=O) groups is 3. The summed E-state index contributed by atoms with van der Waals surface area (Å²) in [4.78, 5) is 50.2. The number of benzene rings is 2. The Labute approximate surface area is 364 Å². The second-order valence-corrected chi connectivity index (χ2v) is 18.1. The number of piperidine rings is 3. The fourth-order valence-electron chi connectivity index (χ4n) is 10.1. The lowest BCUT2D eigenvalue weighted by atomic mass is 9.86. The summed E-state index contributed by atoms with van der Waals surface area (Å²) in [6.07, 6.45) is 9.56. The Morgan fingerprint density at radius 1 is 0.905 bits per heavy atom. The minimum Gasteiger partial charge on any atom is -0.507 e. The van der Waals surface area contributed by atoms with Gasteiger partial charge in [-0.1, -0.05) is 24.3 Å². The van der Waals surface area contributed by atoms with E-state index in [-0.39, 0.29) is 55.2 Å². The number of hydrogen-bond donors (Lipinski definition) is 3. The first kappa shape index (κ1) is 40.9. The zero-order valence-electron chi connectivity index (χ0n) is 35.2. The number of para-hydroxylation sites is 1. The number of nitrogens with one attached hydrogen (secondary N) is 1. The van der Waals surface area contributed by atoms with Crippen molar-refractivity contribution in [3.63, 3.8) is 0 Å². The van der Waals surface area contributed by atoms with Gasteiger partial charge in [-0.3, -0.25) is 19.8 Å². The number of nitrogens with two attached hydrogens (primary N) is 1. The number of aromatic nitrogens is 4. The number of hydrogen-bond acceptors (Lipinski definition) is 10. The normalized spacial score (nSPS) is 22.4. The van der Waals surface area contributed by atoms with Gasteiger partial charge in [-0.25, -0.2) is 18.6 Å². The lowest BCUT2D eigenvalue weighted by Crippen LogP contribution is -2.51. The highest BCUT2D eigenvalue weighted by atomic mass is 19.1. The number of urea groups is 1. The van der Waals surface area contributed by atoms with Gasteiger partial charge in [0.25, 0.3) is 5.91 Å². The first-order valence-electron chi connectivity index (χ1n) is 22.2. The highest BCUT2D eigenvalue weighted by molar-refractivity contribution is 6.06. The van der Waals surface area contributed by atoms with Crippen LogP contribution in [-0.4, -0.2) is 111 Å². The lowest BCUT2D eigenvalue weighted by molar-refractivity contribution is -0.120. The number of rotatable bonds is 9. The minimum atomic E-state index is -1.70. The molecule has 4 saturated heterocycles. The number of halogens is 2. The second kappa shape index (κ2) is 16.2. The second-order valence-electron chi connectivity index (χ2n) is 18.1. The molecule has 4 aliphatic heterocycles. The summed E-state index contributed by atoms with van der Waals surface area (Å²) < 4.78 is 35.5. The van der Waals surface area contributed by atoms with E-state index >= 15 is 8.78 Å². The summed E-state index contributed by atoms with van der Waals surface area (Å²) in [6.45, 7) is 3.38. The molecule has 63 heavy (non-hydrogen) atoms. The van der Waals surface area contributed by atoms with Gasteiger partial charge in [0.1, 0.15) is 17.1 Å². The fourth-order valence-corrected chi connectivity index (χ4v) is 10.1. The van der Waals surface area contributed by atoms with Gasteiger partial charge >= 0.3 is 6.03 Å². The maximum absolute atomic E-state index is 16.8. The van der Waals surface area contributed by atoms with Crippen molar-refractivity contribution >= 4 is 46.1 Å². The quantitative estimate of drug-likeness (QED) is 0.143. The maximum Gasteiger partial charge on any atom is 0.328 e. The van der Waals surface area contributed by atoms with Crippen molar-refractivity contribution in [3.05, 3.63) is 89.7 Å². The number of amides is 4. The van der Waals surface area contributed by atoms with Gasteiger partial charge in [-0.2, -0.15) is 0 Å². The number of phenols is 1. The molecule has 4 amide bonds. The van der Waals surface area contributed by atoms with Gasteiger partial charge in [0.05, 0.1) is 29.8 Å². The Balaban J connectivity index is 0.737. The number of alkyl halides is 2. The van der Waals surface area contributed by atoms with Crippen LogP contribution in [0.1, 0.15) is 91.2 Å². The summed E-state index contributed by atoms with van der Waals surface area (Å²) in [5.41, 5.74) is 8.38. The summed E-state index contributed by atoms with van der Waals surface area (Å²) in [6, 6.07) is 17.1. The molecule has 3 aromatic heterocycles. The molecule has 7 heterocycles. The molecular formula is C47H52F2N10O4. The molecule has 14 nitrogen and oxygen atoms in total. The van der Waals surface area contributed by atoms with Crippen molar-refractivity contribution in [2.24, 2.45) is 0 Å². The Morgan fingerprint density at radius 3 is 2.40 bits per heavy atom. The number of nitrogen functional groups attached to an aromatic ring is 1. The monoisotopic (exact) mass is 858 g/mol. The van der Waals surface area contributed by atoms with Crippen LogP contribution >= 0.6 is 0 Å². The third-order valence-corrected chi connectivity index (χ3v) is 13.9. The Morgan fingerprint density at radius 2 is 1.67 bits per heavy atom. The van der Waals surface area contributed by atoms with Crippen LogP contribution in [0.5, 0.6) is 5.75 Å². The molecule has 1 saturated carbocycles. The molecule has 5 aromatic rings. The molecular weight excluding hydrogens is 807 g/mol. The van der Waals surface area contributed by atoms with E-state index in [1.807, 2.05) is 11.0 Å². The van der Waals surface area contributed by atoms with Crippen LogP contribution in [0.25, 0.3) is 22.3 Å². The first-order chi connectivity index (χ1) is 30.4. The molecule has 0 unspecified atom stereocenters. The lowest BCUT2D eigenvalue weighted by Gasteiger charge is -2.41. The smallest absolute Gasteiger partial charge is 0.328 e. The van der Waals surface area contributed by atoms with Crippen LogP contribution < -0.4 is 20.9 Å². The number of likely N-dealkylation sites (tertiary alicyclic amines) is 2. The van der Waals surface area contributed by atoms with Gasteiger partial charge in [0, 0.05) is 93.8 Å². The average Bonchev–Trinajstić information content (AvgIpc) is 4.07. The largest absolute Gasteiger partial charge is 0.507 e. The van der Waals surface area contributed by atoms with Crippen LogP contribution in [0.15, 0.2) is 73.1 Å². The van der Waals surface area contributed by atoms with Crippen LogP contribution in [-0.2, 0) is 10.5 Å². The fraction of sp³-hybridized carbons (Fsp3) is 0.447. The predicted molar refractivity (Wildman–Crippen MR) is 235 cm³/mol. The zero-order chi connectivity index (χ0) is 43.5. The molecule has 2 aromatic carbocycles. The van der Waals surface area contributed by atoms with E-state index in [4.69, 9.17) is 10.7 Å². The molecule has 4 N–H and O–H groups in total. The maximum atomic E-state index is 16.8. The number of nitrogens with zero attached hydrogens (tertiary/aromatic N) is 8. The SMILES string of the molecule is Nc1nnc(-c2ccccc2O)cc1N1CCC[C@](F)(c2ccc(C(=O)N3CCC(F)(CN4CCC(n5cc(C6CC6)c6cc(N7CCC(=O)NC7=O)cnc65)CC4)CC3)cc2)C1. The molecule has 16 heteroatoms. The van der Waals surface area contributed by atoms with Gasteiger partial charge < -0.3 is 30.1 Å². The molecule has 328 valence electrons. The number of imide groups is 1. The van der Waals surface area contributed by atoms with Crippen molar-refractivity contribution in [1.29, 1.82) is 0 Å². The number of anilines is 3. The average molecular weight is 859 g/mol. The van der Waals surface area contributed by atoms with Gasteiger partial charge in [0.15, 0.2) is 11.5 Å². The van der Waals surface area contributed by atoms with E-state index in [0.29, 0.717) is 85.2 Å². The number of carbonyl (C=O) groups excluding carboxylic acids is 3. The van der Waals surface area contributed by atoms with Gasteiger partial charge in [-0.05, 0) is 92.0 Å². The summed E-state index contributed by atoms with van der Waals surface area (Å²) in [5.74, 6) is 0.262. The summed E-state index contributed by atoms with van der Waals surface area (Å²) >= 11 is 0. The minimum absolute atomic E-state index is 0.0359. The van der Waals surface area contributed by atoms with Crippen molar-refractivity contribution < 1.29 is 28.3 Å². The Hall–Kier alpha value is -6.16. The highest BCUT2D eigenvalue weighted by Crippen LogP contribution is 2.46. The zero-order valence-corrected chi connectivity index (χ0v) is 35.2. The van der Waals surface area contributed by atoms with E-state index in [9.17, 15) is 19.5 Å². The van der Waals surface area contributed by atoms with Crippen molar-refractivity contribution in [3.8, 4) is 17.0 Å². The van der Waals surface area contributed by atoms with Crippen LogP contribution in [0.3, 0.4) is 0 Å². The van der Waals surface area contributed by atoms with Gasteiger partial charge in [-0.15, -0.1) is 10.2 Å². The van der Waals surface area contributed by atoms with E-state index < -0.39 is 17.4 Å². The van der Waals surface area contributed by atoms with Gasteiger partial charge in [0.2, 0.25) is 5.91 Å². The molecule has 1 aliphatic carbocycles. The molecule has 0 radical (unpaired) electrons.